The molecule has 20 heavy (non-hydrogen) atoms. The summed E-state index contributed by atoms with van der Waals surface area (Å²) in [5, 5.41) is 12.9. The van der Waals surface area contributed by atoms with Crippen LogP contribution in [-0.2, 0) is 14.4 Å². The maximum atomic E-state index is 13.7. The highest BCUT2D eigenvalue weighted by Gasteiger charge is 2.29. The van der Waals surface area contributed by atoms with E-state index >= 15 is 0 Å². The van der Waals surface area contributed by atoms with Crippen LogP contribution in [0.1, 0.15) is 26.7 Å². The van der Waals surface area contributed by atoms with Gasteiger partial charge in [0.25, 0.3) is 0 Å². The molecule has 2 atom stereocenters. The largest absolute Gasteiger partial charge is 0.468 e. The molecule has 0 aromatic rings. The number of esters is 1. The summed E-state index contributed by atoms with van der Waals surface area (Å²) in [4.78, 5) is 17.2. The van der Waals surface area contributed by atoms with Gasteiger partial charge >= 0.3 is 12.4 Å². The molecule has 0 aromatic heterocycles. The van der Waals surface area contributed by atoms with E-state index in [1.165, 1.54) is 25.0 Å². The number of allylic oxidation sites excluding steroid dienone is 1. The molecule has 0 saturated heterocycles. The minimum atomic E-state index is -1.27. The van der Waals surface area contributed by atoms with Gasteiger partial charge in [-0.1, -0.05) is 11.2 Å². The Hall–Kier alpha value is -1.67. The van der Waals surface area contributed by atoms with Gasteiger partial charge in [-0.3, -0.25) is 9.69 Å². The molecule has 0 spiro atoms. The summed E-state index contributed by atoms with van der Waals surface area (Å²) in [6, 6.07) is 0. The van der Waals surface area contributed by atoms with Crippen LogP contribution in [0.4, 0.5) is 4.39 Å². The van der Waals surface area contributed by atoms with Crippen molar-refractivity contribution in [2.45, 2.75) is 38.6 Å². The maximum absolute atomic E-state index is 13.7. The summed E-state index contributed by atoms with van der Waals surface area (Å²) < 4.78 is 18.3. The Kier molecular flexibility index (Phi) is 5.46. The number of amidine groups is 1. The van der Waals surface area contributed by atoms with Crippen molar-refractivity contribution in [2.75, 3.05) is 13.7 Å². The maximum Gasteiger partial charge on any atom is 0.325 e. The Morgan fingerprint density at radius 1 is 1.75 bits per heavy atom. The van der Waals surface area contributed by atoms with Gasteiger partial charge in [-0.05, 0) is 26.7 Å². The number of rotatable bonds is 6. The quantitative estimate of drug-likeness (QED) is 0.689. The number of aliphatic hydroxyl groups is 1. The minimum Gasteiger partial charge on any atom is -0.468 e. The second kappa shape index (κ2) is 6.67. The molecule has 0 aliphatic carbocycles. The lowest BCUT2D eigenvalue weighted by Gasteiger charge is -2.21. The smallest absolute Gasteiger partial charge is 0.325 e. The fourth-order valence-electron chi connectivity index (χ4n) is 1.68. The SMILES string of the molecule is COC(=O)C(C)(N)CC/C=C(/F)CN1C(C)=NOC1O. The molecule has 8 heteroatoms. The number of nitrogens with two attached hydrogens (primary N) is 1. The third-order valence-electron chi connectivity index (χ3n) is 2.96. The highest BCUT2D eigenvalue weighted by molar-refractivity contribution is 5.80. The van der Waals surface area contributed by atoms with E-state index in [1.54, 1.807) is 6.92 Å². The summed E-state index contributed by atoms with van der Waals surface area (Å²) in [6.45, 7) is 2.97. The molecule has 7 nitrogen and oxygen atoms in total. The molecule has 1 aliphatic heterocycles. The molecule has 0 saturated carbocycles. The van der Waals surface area contributed by atoms with Gasteiger partial charge in [0.05, 0.1) is 13.7 Å². The molecule has 114 valence electrons. The summed E-state index contributed by atoms with van der Waals surface area (Å²) >= 11 is 0. The van der Waals surface area contributed by atoms with Gasteiger partial charge in [0.1, 0.15) is 17.2 Å². The average Bonchev–Trinajstić information content (AvgIpc) is 2.69. The minimum absolute atomic E-state index is 0.157. The van der Waals surface area contributed by atoms with E-state index in [9.17, 15) is 14.3 Å². The zero-order valence-corrected chi connectivity index (χ0v) is 11.8. The number of halogens is 1. The zero-order valence-electron chi connectivity index (χ0n) is 11.8. The molecule has 1 rings (SSSR count). The van der Waals surface area contributed by atoms with Crippen LogP contribution in [-0.4, -0.2) is 47.4 Å². The Morgan fingerprint density at radius 3 is 2.90 bits per heavy atom. The van der Waals surface area contributed by atoms with E-state index in [-0.39, 0.29) is 19.4 Å². The molecule has 0 radical (unpaired) electrons. The third kappa shape index (κ3) is 4.17. The van der Waals surface area contributed by atoms with Gasteiger partial charge in [-0.15, -0.1) is 0 Å². The fourth-order valence-corrected chi connectivity index (χ4v) is 1.68. The fraction of sp³-hybridized carbons (Fsp3) is 0.667. The van der Waals surface area contributed by atoms with Crippen molar-refractivity contribution in [1.82, 2.24) is 4.90 Å². The molecule has 0 bridgehead atoms. The van der Waals surface area contributed by atoms with E-state index in [4.69, 9.17) is 5.73 Å². The second-order valence-electron chi connectivity index (χ2n) is 4.80. The predicted molar refractivity (Wildman–Crippen MR) is 69.9 cm³/mol. The van der Waals surface area contributed by atoms with Gasteiger partial charge in [-0.25, -0.2) is 4.39 Å². The molecule has 1 aliphatic rings. The molecular formula is C12H20FN3O4. The van der Waals surface area contributed by atoms with E-state index in [2.05, 4.69) is 14.7 Å². The van der Waals surface area contributed by atoms with Crippen LogP contribution in [0.25, 0.3) is 0 Å². The number of carbonyl (C=O) groups excluding carboxylic acids is 1. The first-order valence-electron chi connectivity index (χ1n) is 6.15. The highest BCUT2D eigenvalue weighted by Crippen LogP contribution is 2.16. The second-order valence-corrected chi connectivity index (χ2v) is 4.80. The summed E-state index contributed by atoms with van der Waals surface area (Å²) in [7, 11) is 1.25. The van der Waals surface area contributed by atoms with Crippen LogP contribution in [0.2, 0.25) is 0 Å². The molecular weight excluding hydrogens is 269 g/mol. The summed E-state index contributed by atoms with van der Waals surface area (Å²) in [5.41, 5.74) is 4.60. The predicted octanol–water partition coefficient (Wildman–Crippen LogP) is 0.452. The van der Waals surface area contributed by atoms with Crippen molar-refractivity contribution < 1.29 is 23.9 Å². The Bertz CT molecular complexity index is 423. The topological polar surface area (TPSA) is 97.4 Å². The number of methoxy groups -OCH3 is 1. The van der Waals surface area contributed by atoms with E-state index < -0.39 is 23.7 Å². The molecule has 0 aromatic carbocycles. The number of hydrogen-bond donors (Lipinski definition) is 2. The van der Waals surface area contributed by atoms with Crippen LogP contribution < -0.4 is 5.73 Å². The van der Waals surface area contributed by atoms with Crippen molar-refractivity contribution >= 4 is 11.8 Å². The van der Waals surface area contributed by atoms with Crippen molar-refractivity contribution in [3.8, 4) is 0 Å². The van der Waals surface area contributed by atoms with Crippen molar-refractivity contribution in [2.24, 2.45) is 10.9 Å². The van der Waals surface area contributed by atoms with Crippen LogP contribution >= 0.6 is 0 Å². The van der Waals surface area contributed by atoms with Gasteiger partial charge in [0, 0.05) is 0 Å². The van der Waals surface area contributed by atoms with Crippen LogP contribution in [0.3, 0.4) is 0 Å². The van der Waals surface area contributed by atoms with Gasteiger partial charge in [-0.2, -0.15) is 0 Å². The van der Waals surface area contributed by atoms with Crippen LogP contribution in [0.5, 0.6) is 0 Å². The van der Waals surface area contributed by atoms with Crippen molar-refractivity contribution in [3.63, 3.8) is 0 Å². The number of aliphatic hydroxyl groups excluding tert-OH is 1. The standard InChI is InChI=1S/C12H20FN3O4/c1-8-15-20-11(18)16(8)7-9(13)5-4-6-12(2,14)10(17)19-3/h5,11,18H,4,6-7,14H2,1-3H3/b9-5+. The average molecular weight is 289 g/mol. The Balaban J connectivity index is 2.46. The van der Waals surface area contributed by atoms with Crippen molar-refractivity contribution in [1.29, 1.82) is 0 Å². The Morgan fingerprint density at radius 2 is 2.40 bits per heavy atom. The molecule has 2 unspecified atom stereocenters. The highest BCUT2D eigenvalue weighted by atomic mass is 19.1. The number of ether oxygens (including phenoxy) is 1. The molecule has 3 N–H and O–H groups in total. The first-order chi connectivity index (χ1) is 9.27. The van der Waals surface area contributed by atoms with Gasteiger partial charge < -0.3 is 20.4 Å². The summed E-state index contributed by atoms with van der Waals surface area (Å²) in [5.74, 6) is -0.623. The lowest BCUT2D eigenvalue weighted by atomic mass is 9.97. The normalized spacial score (nSPS) is 22.1. The third-order valence-corrected chi connectivity index (χ3v) is 2.96. The number of oxime groups is 1. The first-order valence-corrected chi connectivity index (χ1v) is 6.15. The Labute approximate surface area is 116 Å². The molecule has 1 heterocycles. The van der Waals surface area contributed by atoms with E-state index in [1.807, 2.05) is 0 Å². The lowest BCUT2D eigenvalue weighted by molar-refractivity contribution is -0.146. The first kappa shape index (κ1) is 16.4. The summed E-state index contributed by atoms with van der Waals surface area (Å²) in [6.07, 6.45) is 0.560. The molecule has 0 fully saturated rings. The van der Waals surface area contributed by atoms with Crippen molar-refractivity contribution in [3.05, 3.63) is 11.9 Å². The van der Waals surface area contributed by atoms with Gasteiger partial charge in [0.15, 0.2) is 0 Å². The monoisotopic (exact) mass is 289 g/mol. The van der Waals surface area contributed by atoms with E-state index in [0.717, 1.165) is 0 Å². The zero-order chi connectivity index (χ0) is 15.3. The van der Waals surface area contributed by atoms with E-state index in [0.29, 0.717) is 5.84 Å². The molecule has 0 amide bonds. The lowest BCUT2D eigenvalue weighted by Crippen LogP contribution is -2.45. The number of nitrogens with zero attached hydrogens (tertiary/aromatic N) is 2. The van der Waals surface area contributed by atoms with Crippen LogP contribution in [0.15, 0.2) is 17.1 Å². The number of carbonyl (C=O) groups is 1. The number of hydrogen-bond acceptors (Lipinski definition) is 7. The van der Waals surface area contributed by atoms with Crippen LogP contribution in [0, 0.1) is 0 Å². The van der Waals surface area contributed by atoms with Gasteiger partial charge in [0.2, 0.25) is 0 Å².